The Hall–Kier alpha value is -2.33. The summed E-state index contributed by atoms with van der Waals surface area (Å²) < 4.78 is 0. The van der Waals surface area contributed by atoms with Crippen molar-refractivity contribution in [2.45, 2.75) is 25.7 Å². The highest BCUT2D eigenvalue weighted by molar-refractivity contribution is 5.94. The normalized spacial score (nSPS) is 16.8. The fourth-order valence-electron chi connectivity index (χ4n) is 3.50. The predicted molar refractivity (Wildman–Crippen MR) is 82.3 cm³/mol. The van der Waals surface area contributed by atoms with Gasteiger partial charge in [-0.05, 0) is 65.3 Å². The number of allylic oxidation sites excluding steroid dienone is 4. The van der Waals surface area contributed by atoms with Crippen LogP contribution < -0.4 is 0 Å². The van der Waals surface area contributed by atoms with E-state index in [9.17, 15) is 0 Å². The van der Waals surface area contributed by atoms with Crippen LogP contribution in [0.1, 0.15) is 36.0 Å². The molecule has 0 atom stereocenters. The maximum atomic E-state index is 9.12. The highest BCUT2D eigenvalue weighted by Crippen LogP contribution is 2.39. The molecular weight excluding hydrogens is 242 g/mol. The summed E-state index contributed by atoms with van der Waals surface area (Å²) in [5.74, 6) is 0. The summed E-state index contributed by atoms with van der Waals surface area (Å²) in [6, 6.07) is 12.7. The molecule has 0 heterocycles. The quantitative estimate of drug-likeness (QED) is 0.667. The van der Waals surface area contributed by atoms with Gasteiger partial charge in [0, 0.05) is 0 Å². The molecule has 0 amide bonds. The standard InChI is InChI=1S/C19H15N/c20-12-13-5-6-15-8-9-17-16-4-2-1-3-14(16)7-10-18(17)19(15)11-13/h2,4-6,8-9,11H,1,3,7,10H2. The predicted octanol–water partition coefficient (Wildman–Crippen LogP) is 4.76. The van der Waals surface area contributed by atoms with Gasteiger partial charge in [-0.3, -0.25) is 0 Å². The van der Waals surface area contributed by atoms with E-state index in [4.69, 9.17) is 5.26 Å². The largest absolute Gasteiger partial charge is 0.192 e. The molecule has 2 aromatic carbocycles. The van der Waals surface area contributed by atoms with Crippen molar-refractivity contribution >= 4 is 16.3 Å². The van der Waals surface area contributed by atoms with Crippen LogP contribution in [-0.2, 0) is 6.42 Å². The van der Waals surface area contributed by atoms with Crippen molar-refractivity contribution in [1.29, 1.82) is 5.26 Å². The highest BCUT2D eigenvalue weighted by Gasteiger charge is 2.20. The minimum atomic E-state index is 0.755. The van der Waals surface area contributed by atoms with Crippen LogP contribution in [0, 0.1) is 11.3 Å². The van der Waals surface area contributed by atoms with Crippen LogP contribution in [0.5, 0.6) is 0 Å². The van der Waals surface area contributed by atoms with Crippen LogP contribution in [0.25, 0.3) is 16.3 Å². The molecule has 96 valence electrons. The molecule has 0 radical (unpaired) electrons. The average molecular weight is 257 g/mol. The Morgan fingerprint density at radius 3 is 2.80 bits per heavy atom. The van der Waals surface area contributed by atoms with Crippen LogP contribution in [-0.4, -0.2) is 0 Å². The number of fused-ring (bicyclic) bond motifs is 4. The maximum Gasteiger partial charge on any atom is 0.0991 e. The molecule has 2 aliphatic carbocycles. The van der Waals surface area contributed by atoms with E-state index in [0.29, 0.717) is 0 Å². The minimum absolute atomic E-state index is 0.755. The number of hydrogen-bond donors (Lipinski definition) is 0. The van der Waals surface area contributed by atoms with Gasteiger partial charge in [0.2, 0.25) is 0 Å². The van der Waals surface area contributed by atoms with E-state index in [0.717, 1.165) is 12.0 Å². The number of nitriles is 1. The van der Waals surface area contributed by atoms with Gasteiger partial charge in [-0.15, -0.1) is 0 Å². The van der Waals surface area contributed by atoms with Crippen molar-refractivity contribution in [3.63, 3.8) is 0 Å². The molecule has 2 aromatic rings. The van der Waals surface area contributed by atoms with Gasteiger partial charge >= 0.3 is 0 Å². The van der Waals surface area contributed by atoms with Gasteiger partial charge in [0.05, 0.1) is 11.6 Å². The summed E-state index contributed by atoms with van der Waals surface area (Å²) >= 11 is 0. The average Bonchev–Trinajstić information content (AvgIpc) is 2.53. The molecule has 20 heavy (non-hydrogen) atoms. The summed E-state index contributed by atoms with van der Waals surface area (Å²) in [5.41, 5.74) is 6.59. The molecule has 1 nitrogen and oxygen atoms in total. The second-order valence-corrected chi connectivity index (χ2v) is 5.60. The van der Waals surface area contributed by atoms with E-state index in [1.165, 1.54) is 46.7 Å². The number of hydrogen-bond acceptors (Lipinski definition) is 1. The molecule has 0 aromatic heterocycles. The molecule has 0 fully saturated rings. The molecule has 1 heteroatoms. The van der Waals surface area contributed by atoms with Crippen molar-refractivity contribution < 1.29 is 0 Å². The molecule has 0 bridgehead atoms. The Balaban J connectivity index is 2.01. The van der Waals surface area contributed by atoms with Gasteiger partial charge in [0.25, 0.3) is 0 Å². The number of benzene rings is 2. The Morgan fingerprint density at radius 1 is 1.00 bits per heavy atom. The van der Waals surface area contributed by atoms with Gasteiger partial charge in [0.1, 0.15) is 0 Å². The monoisotopic (exact) mass is 257 g/mol. The van der Waals surface area contributed by atoms with Crippen LogP contribution >= 0.6 is 0 Å². The topological polar surface area (TPSA) is 23.8 Å². The summed E-state index contributed by atoms with van der Waals surface area (Å²) in [7, 11) is 0. The first kappa shape index (κ1) is 11.5. The lowest BCUT2D eigenvalue weighted by Crippen LogP contribution is -2.07. The van der Waals surface area contributed by atoms with Crippen LogP contribution in [0.15, 0.2) is 48.1 Å². The van der Waals surface area contributed by atoms with Crippen LogP contribution in [0.4, 0.5) is 0 Å². The van der Waals surface area contributed by atoms with Gasteiger partial charge in [-0.2, -0.15) is 5.26 Å². The number of nitrogens with zero attached hydrogens (tertiary/aromatic N) is 1. The van der Waals surface area contributed by atoms with Crippen molar-refractivity contribution in [1.82, 2.24) is 0 Å². The lowest BCUT2D eigenvalue weighted by molar-refractivity contribution is 0.831. The minimum Gasteiger partial charge on any atom is -0.192 e. The van der Waals surface area contributed by atoms with E-state index in [1.54, 1.807) is 5.57 Å². The SMILES string of the molecule is N#Cc1ccc2ccc3c(c2c1)CCC1=C3C=CCC1. The Morgan fingerprint density at radius 2 is 1.90 bits per heavy atom. The summed E-state index contributed by atoms with van der Waals surface area (Å²) in [4.78, 5) is 0. The van der Waals surface area contributed by atoms with E-state index in [2.05, 4.69) is 36.4 Å². The molecule has 0 N–H and O–H groups in total. The van der Waals surface area contributed by atoms with Gasteiger partial charge < -0.3 is 0 Å². The Kier molecular flexibility index (Phi) is 2.50. The van der Waals surface area contributed by atoms with Crippen LogP contribution in [0.2, 0.25) is 0 Å². The van der Waals surface area contributed by atoms with Crippen LogP contribution in [0.3, 0.4) is 0 Å². The lowest BCUT2D eigenvalue weighted by atomic mass is 9.79. The van der Waals surface area contributed by atoms with E-state index in [-0.39, 0.29) is 0 Å². The summed E-state index contributed by atoms with van der Waals surface area (Å²) in [6.45, 7) is 0. The third-order valence-corrected chi connectivity index (χ3v) is 4.51. The van der Waals surface area contributed by atoms with Crippen molar-refractivity contribution in [3.8, 4) is 6.07 Å². The Bertz CT molecular complexity index is 816. The number of aryl methyl sites for hydroxylation is 1. The zero-order valence-corrected chi connectivity index (χ0v) is 11.3. The second kappa shape index (κ2) is 4.35. The molecule has 2 aliphatic rings. The van der Waals surface area contributed by atoms with Crippen molar-refractivity contribution in [2.24, 2.45) is 0 Å². The van der Waals surface area contributed by atoms with Gasteiger partial charge in [-0.1, -0.05) is 35.9 Å². The second-order valence-electron chi connectivity index (χ2n) is 5.60. The molecule has 0 saturated heterocycles. The highest BCUT2D eigenvalue weighted by atomic mass is 14.3. The van der Waals surface area contributed by atoms with E-state index in [1.807, 2.05) is 12.1 Å². The third-order valence-electron chi connectivity index (χ3n) is 4.51. The van der Waals surface area contributed by atoms with Crippen molar-refractivity contribution in [2.75, 3.05) is 0 Å². The molecule has 0 spiro atoms. The fraction of sp³-hybridized carbons (Fsp3) is 0.211. The summed E-state index contributed by atoms with van der Waals surface area (Å²) in [6.07, 6.45) is 9.24. The van der Waals surface area contributed by atoms with Gasteiger partial charge in [-0.25, -0.2) is 0 Å². The van der Waals surface area contributed by atoms with Crippen molar-refractivity contribution in [3.05, 3.63) is 64.7 Å². The molecular formula is C19H15N. The lowest BCUT2D eigenvalue weighted by Gasteiger charge is -2.25. The van der Waals surface area contributed by atoms with Gasteiger partial charge in [0.15, 0.2) is 0 Å². The molecule has 0 unspecified atom stereocenters. The molecule has 0 saturated carbocycles. The first-order chi connectivity index (χ1) is 9.86. The maximum absolute atomic E-state index is 9.12. The summed E-state index contributed by atoms with van der Waals surface area (Å²) in [5, 5.41) is 11.6. The van der Waals surface area contributed by atoms with E-state index >= 15 is 0 Å². The first-order valence-corrected chi connectivity index (χ1v) is 7.21. The zero-order chi connectivity index (χ0) is 13.5. The molecule has 0 aliphatic heterocycles. The Labute approximate surface area is 118 Å². The third kappa shape index (κ3) is 1.62. The number of rotatable bonds is 0. The van der Waals surface area contributed by atoms with E-state index < -0.39 is 0 Å². The zero-order valence-electron chi connectivity index (χ0n) is 11.3. The fourth-order valence-corrected chi connectivity index (χ4v) is 3.50. The molecule has 4 rings (SSSR count). The smallest absolute Gasteiger partial charge is 0.0991 e. The first-order valence-electron chi connectivity index (χ1n) is 7.21.